The predicted octanol–water partition coefficient (Wildman–Crippen LogP) is 3.60. The molecular formula is C17H23ClF3N3O. The van der Waals surface area contributed by atoms with Gasteiger partial charge in [-0.25, -0.2) is 0 Å². The van der Waals surface area contributed by atoms with Crippen LogP contribution in [0.2, 0.25) is 5.02 Å². The highest BCUT2D eigenvalue weighted by Crippen LogP contribution is 2.34. The van der Waals surface area contributed by atoms with E-state index in [-0.39, 0.29) is 16.8 Å². The van der Waals surface area contributed by atoms with E-state index in [2.05, 4.69) is 5.32 Å². The van der Waals surface area contributed by atoms with Crippen molar-refractivity contribution < 1.29 is 18.0 Å². The summed E-state index contributed by atoms with van der Waals surface area (Å²) in [5.74, 6) is 0.163. The first-order chi connectivity index (χ1) is 11.6. The van der Waals surface area contributed by atoms with E-state index in [1.54, 1.807) is 4.90 Å². The highest BCUT2D eigenvalue weighted by molar-refractivity contribution is 6.33. The van der Waals surface area contributed by atoms with E-state index in [1.165, 1.54) is 6.07 Å². The number of nitrogens with one attached hydrogen (secondary N) is 1. The molecule has 2 atom stereocenters. The summed E-state index contributed by atoms with van der Waals surface area (Å²) in [4.78, 5) is 14.5. The van der Waals surface area contributed by atoms with Gasteiger partial charge in [-0.15, -0.1) is 0 Å². The molecule has 0 aliphatic carbocycles. The molecule has 0 spiro atoms. The molecule has 0 saturated carbocycles. The number of carbonyl (C=O) groups excluding carboxylic acids is 1. The number of alkyl halides is 3. The number of carbonyl (C=O) groups is 1. The van der Waals surface area contributed by atoms with Crippen molar-refractivity contribution in [3.8, 4) is 0 Å². The molecule has 8 heteroatoms. The van der Waals surface area contributed by atoms with E-state index in [0.29, 0.717) is 31.2 Å². The van der Waals surface area contributed by atoms with Gasteiger partial charge in [-0.1, -0.05) is 25.4 Å². The Kier molecular flexibility index (Phi) is 6.21. The summed E-state index contributed by atoms with van der Waals surface area (Å²) in [6.45, 7) is 5.55. The fourth-order valence-electron chi connectivity index (χ4n) is 2.91. The lowest BCUT2D eigenvalue weighted by Gasteiger charge is -2.28. The van der Waals surface area contributed by atoms with Gasteiger partial charge in [0.1, 0.15) is 6.04 Å². The van der Waals surface area contributed by atoms with Gasteiger partial charge < -0.3 is 16.0 Å². The van der Waals surface area contributed by atoms with Crippen LogP contribution in [-0.2, 0) is 11.0 Å². The van der Waals surface area contributed by atoms with Crippen LogP contribution >= 0.6 is 11.6 Å². The predicted molar refractivity (Wildman–Crippen MR) is 92.4 cm³/mol. The van der Waals surface area contributed by atoms with Crippen LogP contribution < -0.4 is 11.1 Å². The Morgan fingerprint density at radius 2 is 2.12 bits per heavy atom. The summed E-state index contributed by atoms with van der Waals surface area (Å²) < 4.78 is 38.2. The largest absolute Gasteiger partial charge is 0.416 e. The lowest BCUT2D eigenvalue weighted by Crippen LogP contribution is -2.45. The number of nitrogens with two attached hydrogens (primary N) is 1. The van der Waals surface area contributed by atoms with Crippen molar-refractivity contribution >= 4 is 23.2 Å². The minimum Gasteiger partial charge on any atom is -0.372 e. The molecule has 0 aromatic heterocycles. The molecule has 1 amide bonds. The summed E-state index contributed by atoms with van der Waals surface area (Å²) in [5, 5.41) is 2.95. The van der Waals surface area contributed by atoms with E-state index < -0.39 is 17.8 Å². The van der Waals surface area contributed by atoms with Crippen molar-refractivity contribution in [2.45, 2.75) is 32.5 Å². The Balaban J connectivity index is 2.15. The molecular weight excluding hydrogens is 355 g/mol. The van der Waals surface area contributed by atoms with Crippen molar-refractivity contribution in [3.63, 3.8) is 0 Å². The number of hydrogen-bond donors (Lipinski definition) is 2. The Labute approximate surface area is 150 Å². The Morgan fingerprint density at radius 3 is 2.60 bits per heavy atom. The normalized spacial score (nSPS) is 19.4. The fraction of sp³-hybridized carbons (Fsp3) is 0.588. The molecule has 1 aliphatic heterocycles. The Hall–Kier alpha value is -1.47. The highest BCUT2D eigenvalue weighted by Gasteiger charge is 2.33. The molecule has 1 aromatic rings. The Bertz CT molecular complexity index is 622. The maximum atomic E-state index is 12.8. The first-order valence-corrected chi connectivity index (χ1v) is 8.63. The van der Waals surface area contributed by atoms with Crippen LogP contribution in [0.4, 0.5) is 18.9 Å². The van der Waals surface area contributed by atoms with Crippen molar-refractivity contribution in [1.82, 2.24) is 4.90 Å². The molecule has 4 nitrogen and oxygen atoms in total. The summed E-state index contributed by atoms with van der Waals surface area (Å²) in [5.41, 5.74) is 5.16. The van der Waals surface area contributed by atoms with Crippen molar-refractivity contribution in [2.24, 2.45) is 17.6 Å². The molecule has 1 heterocycles. The van der Waals surface area contributed by atoms with Crippen LogP contribution in [-0.4, -0.2) is 36.5 Å². The number of halogens is 4. The minimum absolute atomic E-state index is 0.0530. The highest BCUT2D eigenvalue weighted by atomic mass is 35.5. The maximum Gasteiger partial charge on any atom is 0.416 e. The maximum absolute atomic E-state index is 12.8. The van der Waals surface area contributed by atoms with E-state index in [0.717, 1.165) is 18.6 Å². The molecule has 140 valence electrons. The lowest BCUT2D eigenvalue weighted by molar-refractivity contribution is -0.137. The summed E-state index contributed by atoms with van der Waals surface area (Å²) in [7, 11) is 0. The van der Waals surface area contributed by atoms with Gasteiger partial charge >= 0.3 is 6.18 Å². The van der Waals surface area contributed by atoms with Gasteiger partial charge in [-0.3, -0.25) is 4.79 Å². The second-order valence-corrected chi connectivity index (χ2v) is 7.14. The third-order valence-electron chi connectivity index (χ3n) is 4.47. The third kappa shape index (κ3) is 4.79. The van der Waals surface area contributed by atoms with Crippen molar-refractivity contribution in [2.75, 3.05) is 25.0 Å². The van der Waals surface area contributed by atoms with E-state index in [9.17, 15) is 18.0 Å². The first kappa shape index (κ1) is 19.8. The Morgan fingerprint density at radius 1 is 1.44 bits per heavy atom. The second kappa shape index (κ2) is 7.83. The molecule has 1 aromatic carbocycles. The first-order valence-electron chi connectivity index (χ1n) is 8.25. The number of likely N-dealkylation sites (tertiary alicyclic amines) is 1. The van der Waals surface area contributed by atoms with Crippen LogP contribution in [0.1, 0.15) is 25.8 Å². The van der Waals surface area contributed by atoms with Crippen LogP contribution in [0.5, 0.6) is 0 Å². The number of amides is 1. The topological polar surface area (TPSA) is 58.4 Å². The molecule has 2 rings (SSSR count). The van der Waals surface area contributed by atoms with Crippen LogP contribution in [0, 0.1) is 11.8 Å². The average Bonchev–Trinajstić information content (AvgIpc) is 3.00. The lowest BCUT2D eigenvalue weighted by atomic mass is 10.0. The van der Waals surface area contributed by atoms with Crippen LogP contribution in [0.3, 0.4) is 0 Å². The zero-order valence-electron chi connectivity index (χ0n) is 14.2. The van der Waals surface area contributed by atoms with Crippen molar-refractivity contribution in [1.29, 1.82) is 0 Å². The SMILES string of the molecule is CC(C)C(Nc1ccc(C(F)(F)F)cc1Cl)C(=O)N1CCC(CN)C1. The summed E-state index contributed by atoms with van der Waals surface area (Å²) >= 11 is 5.99. The van der Waals surface area contributed by atoms with E-state index >= 15 is 0 Å². The minimum atomic E-state index is -4.46. The zero-order chi connectivity index (χ0) is 18.8. The molecule has 3 N–H and O–H groups in total. The summed E-state index contributed by atoms with van der Waals surface area (Å²) in [6, 6.07) is 2.52. The van der Waals surface area contributed by atoms with Crippen molar-refractivity contribution in [3.05, 3.63) is 28.8 Å². The van der Waals surface area contributed by atoms with E-state index in [4.69, 9.17) is 17.3 Å². The van der Waals surface area contributed by atoms with Gasteiger partial charge in [0.25, 0.3) is 0 Å². The molecule has 0 bridgehead atoms. The molecule has 1 fully saturated rings. The average molecular weight is 378 g/mol. The van der Waals surface area contributed by atoms with Crippen LogP contribution in [0.25, 0.3) is 0 Å². The molecule has 25 heavy (non-hydrogen) atoms. The second-order valence-electron chi connectivity index (χ2n) is 6.73. The van der Waals surface area contributed by atoms with Crippen LogP contribution in [0.15, 0.2) is 18.2 Å². The van der Waals surface area contributed by atoms with Gasteiger partial charge in [-0.2, -0.15) is 13.2 Å². The third-order valence-corrected chi connectivity index (χ3v) is 4.78. The fourth-order valence-corrected chi connectivity index (χ4v) is 3.15. The number of rotatable bonds is 5. The van der Waals surface area contributed by atoms with Gasteiger partial charge in [0.15, 0.2) is 0 Å². The number of hydrogen-bond acceptors (Lipinski definition) is 3. The summed E-state index contributed by atoms with van der Waals surface area (Å²) in [6.07, 6.45) is -3.59. The molecule has 1 saturated heterocycles. The quantitative estimate of drug-likeness (QED) is 0.824. The van der Waals surface area contributed by atoms with Gasteiger partial charge in [-0.05, 0) is 43.0 Å². The number of nitrogens with zero attached hydrogens (tertiary/aromatic N) is 1. The number of benzene rings is 1. The van der Waals surface area contributed by atoms with Gasteiger partial charge in [0.05, 0.1) is 16.3 Å². The van der Waals surface area contributed by atoms with Gasteiger partial charge in [0, 0.05) is 13.1 Å². The molecule has 0 radical (unpaired) electrons. The smallest absolute Gasteiger partial charge is 0.372 e. The van der Waals surface area contributed by atoms with Gasteiger partial charge in [0.2, 0.25) is 5.91 Å². The monoisotopic (exact) mass is 377 g/mol. The molecule has 2 unspecified atom stereocenters. The molecule has 1 aliphatic rings. The van der Waals surface area contributed by atoms with E-state index in [1.807, 2.05) is 13.8 Å². The zero-order valence-corrected chi connectivity index (χ0v) is 15.0. The standard InChI is InChI=1S/C17H23ClF3N3O/c1-10(2)15(16(25)24-6-5-11(8-22)9-24)23-14-4-3-12(7-13(14)18)17(19,20)21/h3-4,7,10-11,15,23H,5-6,8-9,22H2,1-2H3. The number of anilines is 1.